The predicted octanol–water partition coefficient (Wildman–Crippen LogP) is 3.78. The van der Waals surface area contributed by atoms with Gasteiger partial charge in [-0.3, -0.25) is 0 Å². The SMILES string of the molecule is Cc1nc(C2CCCCC2)sc1CC(C)(C)N. The van der Waals surface area contributed by atoms with Gasteiger partial charge in [-0.15, -0.1) is 11.3 Å². The monoisotopic (exact) mass is 252 g/mol. The predicted molar refractivity (Wildman–Crippen MR) is 74.6 cm³/mol. The molecule has 0 unspecified atom stereocenters. The lowest BCUT2D eigenvalue weighted by molar-refractivity contribution is 0.442. The molecule has 0 atom stereocenters. The van der Waals surface area contributed by atoms with E-state index in [1.165, 1.54) is 47.7 Å². The van der Waals surface area contributed by atoms with Crippen LogP contribution < -0.4 is 5.73 Å². The van der Waals surface area contributed by atoms with Crippen molar-refractivity contribution in [3.63, 3.8) is 0 Å². The van der Waals surface area contributed by atoms with Crippen LogP contribution in [-0.4, -0.2) is 10.5 Å². The van der Waals surface area contributed by atoms with E-state index in [1.54, 1.807) is 0 Å². The van der Waals surface area contributed by atoms with Crippen molar-refractivity contribution in [1.82, 2.24) is 4.98 Å². The topological polar surface area (TPSA) is 38.9 Å². The molecule has 1 saturated carbocycles. The Balaban J connectivity index is 2.12. The second-order valence-corrected chi connectivity index (χ2v) is 7.18. The van der Waals surface area contributed by atoms with Gasteiger partial charge in [0.05, 0.1) is 10.7 Å². The van der Waals surface area contributed by atoms with Gasteiger partial charge in [0.2, 0.25) is 0 Å². The zero-order chi connectivity index (χ0) is 12.5. The molecule has 2 rings (SSSR count). The van der Waals surface area contributed by atoms with Crippen LogP contribution in [0.2, 0.25) is 0 Å². The third kappa shape index (κ3) is 3.52. The number of rotatable bonds is 3. The summed E-state index contributed by atoms with van der Waals surface area (Å²) in [6.45, 7) is 6.31. The molecule has 1 aliphatic carbocycles. The van der Waals surface area contributed by atoms with Crippen molar-refractivity contribution in [3.8, 4) is 0 Å². The number of hydrogen-bond acceptors (Lipinski definition) is 3. The Morgan fingerprint density at radius 3 is 2.53 bits per heavy atom. The van der Waals surface area contributed by atoms with Gasteiger partial charge in [-0.1, -0.05) is 19.3 Å². The lowest BCUT2D eigenvalue weighted by Crippen LogP contribution is -2.34. The van der Waals surface area contributed by atoms with E-state index >= 15 is 0 Å². The summed E-state index contributed by atoms with van der Waals surface area (Å²) in [4.78, 5) is 6.17. The highest BCUT2D eigenvalue weighted by Gasteiger charge is 2.22. The van der Waals surface area contributed by atoms with Crippen molar-refractivity contribution in [2.45, 2.75) is 70.8 Å². The molecule has 0 aromatic carbocycles. The van der Waals surface area contributed by atoms with Crippen LogP contribution in [0.4, 0.5) is 0 Å². The second kappa shape index (κ2) is 5.07. The fourth-order valence-corrected chi connectivity index (χ4v) is 4.03. The van der Waals surface area contributed by atoms with Gasteiger partial charge in [-0.05, 0) is 33.6 Å². The van der Waals surface area contributed by atoms with Crippen LogP contribution in [0.3, 0.4) is 0 Å². The molecule has 0 amide bonds. The standard InChI is InChI=1S/C14H24N2S/c1-10-12(9-14(2,3)15)17-13(16-10)11-7-5-4-6-8-11/h11H,4-9,15H2,1-3H3. The van der Waals surface area contributed by atoms with Crippen molar-refractivity contribution in [3.05, 3.63) is 15.6 Å². The molecular weight excluding hydrogens is 228 g/mol. The van der Waals surface area contributed by atoms with Crippen LogP contribution in [0, 0.1) is 6.92 Å². The lowest BCUT2D eigenvalue weighted by atomic mass is 9.90. The highest BCUT2D eigenvalue weighted by atomic mass is 32.1. The van der Waals surface area contributed by atoms with Crippen molar-refractivity contribution < 1.29 is 0 Å². The third-order valence-corrected chi connectivity index (χ3v) is 4.80. The number of hydrogen-bond donors (Lipinski definition) is 1. The average molecular weight is 252 g/mol. The largest absolute Gasteiger partial charge is 0.325 e. The third-order valence-electron chi connectivity index (χ3n) is 3.48. The first kappa shape index (κ1) is 13.0. The van der Waals surface area contributed by atoms with E-state index < -0.39 is 0 Å². The number of aryl methyl sites for hydroxylation is 1. The first-order valence-electron chi connectivity index (χ1n) is 6.71. The van der Waals surface area contributed by atoms with Gasteiger partial charge in [0.15, 0.2) is 0 Å². The molecule has 17 heavy (non-hydrogen) atoms. The first-order chi connectivity index (χ1) is 7.96. The Hall–Kier alpha value is -0.410. The van der Waals surface area contributed by atoms with Gasteiger partial charge in [0.1, 0.15) is 0 Å². The summed E-state index contributed by atoms with van der Waals surface area (Å²) in [5.74, 6) is 0.724. The summed E-state index contributed by atoms with van der Waals surface area (Å²) < 4.78 is 0. The van der Waals surface area contributed by atoms with E-state index in [-0.39, 0.29) is 5.54 Å². The van der Waals surface area contributed by atoms with Gasteiger partial charge in [0, 0.05) is 22.8 Å². The molecule has 1 fully saturated rings. The minimum absolute atomic E-state index is 0.124. The molecule has 0 aliphatic heterocycles. The van der Waals surface area contributed by atoms with Crippen molar-refractivity contribution >= 4 is 11.3 Å². The summed E-state index contributed by atoms with van der Waals surface area (Å²) in [6, 6.07) is 0. The summed E-state index contributed by atoms with van der Waals surface area (Å²) in [7, 11) is 0. The van der Waals surface area contributed by atoms with Gasteiger partial charge in [-0.2, -0.15) is 0 Å². The number of thiazole rings is 1. The Morgan fingerprint density at radius 2 is 1.94 bits per heavy atom. The molecule has 0 spiro atoms. The Labute approximate surface area is 109 Å². The summed E-state index contributed by atoms with van der Waals surface area (Å²) in [6.07, 6.45) is 7.77. The maximum atomic E-state index is 6.10. The molecule has 0 saturated heterocycles. The molecule has 0 radical (unpaired) electrons. The number of aromatic nitrogens is 1. The molecular formula is C14H24N2S. The zero-order valence-electron chi connectivity index (χ0n) is 11.3. The molecule has 2 N–H and O–H groups in total. The molecule has 1 aromatic rings. The normalized spacial score (nSPS) is 18.6. The van der Waals surface area contributed by atoms with Crippen LogP contribution in [-0.2, 0) is 6.42 Å². The fourth-order valence-electron chi connectivity index (χ4n) is 2.55. The van der Waals surface area contributed by atoms with Crippen LogP contribution >= 0.6 is 11.3 Å². The zero-order valence-corrected chi connectivity index (χ0v) is 12.1. The van der Waals surface area contributed by atoms with E-state index in [0.29, 0.717) is 0 Å². The number of nitrogens with zero attached hydrogens (tertiary/aromatic N) is 1. The van der Waals surface area contributed by atoms with Crippen LogP contribution in [0.5, 0.6) is 0 Å². The maximum Gasteiger partial charge on any atom is 0.0961 e. The Kier molecular flexibility index (Phi) is 3.88. The molecule has 3 heteroatoms. The molecule has 1 aromatic heterocycles. The van der Waals surface area contributed by atoms with Crippen LogP contribution in [0.25, 0.3) is 0 Å². The number of nitrogens with two attached hydrogens (primary N) is 1. The highest BCUT2D eigenvalue weighted by molar-refractivity contribution is 7.11. The van der Waals surface area contributed by atoms with Crippen LogP contribution in [0.15, 0.2) is 0 Å². The van der Waals surface area contributed by atoms with E-state index in [9.17, 15) is 0 Å². The van der Waals surface area contributed by atoms with E-state index in [4.69, 9.17) is 10.7 Å². The van der Waals surface area contributed by atoms with Crippen molar-refractivity contribution in [1.29, 1.82) is 0 Å². The fraction of sp³-hybridized carbons (Fsp3) is 0.786. The Morgan fingerprint density at radius 1 is 1.29 bits per heavy atom. The quantitative estimate of drug-likeness (QED) is 0.889. The molecule has 2 nitrogen and oxygen atoms in total. The minimum Gasteiger partial charge on any atom is -0.325 e. The summed E-state index contributed by atoms with van der Waals surface area (Å²) >= 11 is 1.90. The molecule has 96 valence electrons. The summed E-state index contributed by atoms with van der Waals surface area (Å²) in [5.41, 5.74) is 7.18. The van der Waals surface area contributed by atoms with Gasteiger partial charge >= 0.3 is 0 Å². The second-order valence-electron chi connectivity index (χ2n) is 6.06. The lowest BCUT2D eigenvalue weighted by Gasteiger charge is -2.19. The minimum atomic E-state index is -0.124. The van der Waals surface area contributed by atoms with E-state index in [1.807, 2.05) is 11.3 Å². The van der Waals surface area contributed by atoms with Crippen LogP contribution in [0.1, 0.15) is 67.4 Å². The van der Waals surface area contributed by atoms with Gasteiger partial charge in [-0.25, -0.2) is 4.98 Å². The molecule has 1 aliphatic rings. The summed E-state index contributed by atoms with van der Waals surface area (Å²) in [5, 5.41) is 1.36. The van der Waals surface area contributed by atoms with Gasteiger partial charge in [0.25, 0.3) is 0 Å². The van der Waals surface area contributed by atoms with Gasteiger partial charge < -0.3 is 5.73 Å². The van der Waals surface area contributed by atoms with E-state index in [2.05, 4.69) is 20.8 Å². The maximum absolute atomic E-state index is 6.10. The van der Waals surface area contributed by atoms with Crippen molar-refractivity contribution in [2.75, 3.05) is 0 Å². The Bertz CT molecular complexity index is 370. The highest BCUT2D eigenvalue weighted by Crippen LogP contribution is 2.36. The van der Waals surface area contributed by atoms with E-state index in [0.717, 1.165) is 12.3 Å². The average Bonchev–Trinajstić information content (AvgIpc) is 2.59. The molecule has 0 bridgehead atoms. The van der Waals surface area contributed by atoms with Crippen molar-refractivity contribution in [2.24, 2.45) is 5.73 Å². The molecule has 1 heterocycles. The first-order valence-corrected chi connectivity index (χ1v) is 7.52. The smallest absolute Gasteiger partial charge is 0.0961 e.